The highest BCUT2D eigenvalue weighted by atomic mass is 19.4. The Morgan fingerprint density at radius 1 is 1.10 bits per heavy atom. The monoisotopic (exact) mass is 296 g/mol. The van der Waals surface area contributed by atoms with Crippen molar-refractivity contribution >= 4 is 5.91 Å². The van der Waals surface area contributed by atoms with Crippen molar-refractivity contribution in [2.24, 2.45) is 0 Å². The molecule has 3 nitrogen and oxygen atoms in total. The standard InChI is InChI=1S/C15H15F3N2O/c16-15(17,18)14(8-9-14)20-11(10-4-2-1-3-5-10)19-13(6-7-13)12(20)21/h1-5,11,19H,6-9H2. The first kappa shape index (κ1) is 13.1. The first-order valence-corrected chi connectivity index (χ1v) is 7.13. The van der Waals surface area contributed by atoms with Crippen LogP contribution in [0.2, 0.25) is 0 Å². The zero-order valence-corrected chi connectivity index (χ0v) is 11.3. The van der Waals surface area contributed by atoms with Crippen molar-refractivity contribution in [1.29, 1.82) is 0 Å². The molecule has 21 heavy (non-hydrogen) atoms. The number of nitrogens with one attached hydrogen (secondary N) is 1. The van der Waals surface area contributed by atoms with Gasteiger partial charge in [0.25, 0.3) is 0 Å². The second-order valence-corrected chi connectivity index (χ2v) is 6.24. The second kappa shape index (κ2) is 3.80. The van der Waals surface area contributed by atoms with Gasteiger partial charge in [-0.05, 0) is 31.2 Å². The van der Waals surface area contributed by atoms with E-state index >= 15 is 0 Å². The minimum Gasteiger partial charge on any atom is -0.306 e. The number of hydrogen-bond acceptors (Lipinski definition) is 2. The third kappa shape index (κ3) is 1.68. The van der Waals surface area contributed by atoms with Crippen molar-refractivity contribution < 1.29 is 18.0 Å². The SMILES string of the molecule is O=C1N(C2(C(F)(F)F)CC2)C(c2ccccc2)NC12CC2. The molecule has 0 radical (unpaired) electrons. The maximum atomic E-state index is 13.5. The zero-order valence-electron chi connectivity index (χ0n) is 11.3. The van der Waals surface area contributed by atoms with E-state index in [-0.39, 0.29) is 18.7 Å². The Hall–Kier alpha value is -1.56. The van der Waals surface area contributed by atoms with E-state index in [2.05, 4.69) is 5.32 Å². The Bertz CT molecular complexity index is 591. The van der Waals surface area contributed by atoms with Gasteiger partial charge in [-0.25, -0.2) is 0 Å². The summed E-state index contributed by atoms with van der Waals surface area (Å²) in [5.74, 6) is -0.383. The maximum absolute atomic E-state index is 13.5. The summed E-state index contributed by atoms with van der Waals surface area (Å²) < 4.78 is 40.4. The molecule has 1 heterocycles. The zero-order chi connectivity index (χ0) is 14.9. The Labute approximate surface area is 120 Å². The molecule has 3 fully saturated rings. The summed E-state index contributed by atoms with van der Waals surface area (Å²) in [6, 6.07) is 8.92. The van der Waals surface area contributed by atoms with Crippen LogP contribution in [0.5, 0.6) is 0 Å². The van der Waals surface area contributed by atoms with E-state index in [4.69, 9.17) is 0 Å². The van der Waals surface area contributed by atoms with E-state index in [1.54, 1.807) is 24.3 Å². The predicted octanol–water partition coefficient (Wildman–Crippen LogP) is 2.74. The highest BCUT2D eigenvalue weighted by molar-refractivity contribution is 5.93. The molecular formula is C15H15F3N2O. The predicted molar refractivity (Wildman–Crippen MR) is 69.1 cm³/mol. The molecule has 1 atom stereocenters. The van der Waals surface area contributed by atoms with Crippen LogP contribution in [0, 0.1) is 0 Å². The quantitative estimate of drug-likeness (QED) is 0.910. The van der Waals surface area contributed by atoms with Crippen molar-refractivity contribution in [1.82, 2.24) is 10.2 Å². The molecular weight excluding hydrogens is 281 g/mol. The summed E-state index contributed by atoms with van der Waals surface area (Å²) in [6.07, 6.45) is -3.80. The van der Waals surface area contributed by atoms with Crippen LogP contribution in [0.3, 0.4) is 0 Å². The summed E-state index contributed by atoms with van der Waals surface area (Å²) in [5.41, 5.74) is -2.00. The molecule has 1 aromatic rings. The lowest BCUT2D eigenvalue weighted by atomic mass is 10.1. The van der Waals surface area contributed by atoms with Gasteiger partial charge in [0.05, 0.1) is 0 Å². The Balaban J connectivity index is 1.77. The fourth-order valence-electron chi connectivity index (χ4n) is 3.31. The molecule has 2 aliphatic carbocycles. The molecule has 2 saturated carbocycles. The van der Waals surface area contributed by atoms with Gasteiger partial charge in [-0.15, -0.1) is 0 Å². The van der Waals surface area contributed by atoms with Crippen molar-refractivity contribution in [3.05, 3.63) is 35.9 Å². The third-order valence-corrected chi connectivity index (χ3v) is 4.88. The minimum absolute atomic E-state index is 0.00331. The van der Waals surface area contributed by atoms with Crippen molar-refractivity contribution in [2.75, 3.05) is 0 Å². The summed E-state index contributed by atoms with van der Waals surface area (Å²) >= 11 is 0. The Morgan fingerprint density at radius 2 is 1.71 bits per heavy atom. The number of nitrogens with zero attached hydrogens (tertiary/aromatic N) is 1. The van der Waals surface area contributed by atoms with Gasteiger partial charge in [0.1, 0.15) is 17.2 Å². The maximum Gasteiger partial charge on any atom is 0.411 e. The molecule has 3 aliphatic rings. The number of carbonyl (C=O) groups is 1. The van der Waals surface area contributed by atoms with E-state index in [9.17, 15) is 18.0 Å². The molecule has 1 saturated heterocycles. The number of amides is 1. The first-order chi connectivity index (χ1) is 9.90. The van der Waals surface area contributed by atoms with Gasteiger partial charge in [-0.2, -0.15) is 13.2 Å². The second-order valence-electron chi connectivity index (χ2n) is 6.24. The molecule has 1 aromatic carbocycles. The van der Waals surface area contributed by atoms with E-state index in [0.29, 0.717) is 18.4 Å². The number of benzene rings is 1. The van der Waals surface area contributed by atoms with Crippen LogP contribution >= 0.6 is 0 Å². The Kier molecular flexibility index (Phi) is 2.37. The van der Waals surface area contributed by atoms with Crippen LogP contribution in [0.25, 0.3) is 0 Å². The minimum atomic E-state index is -4.38. The van der Waals surface area contributed by atoms with Crippen LogP contribution in [-0.2, 0) is 4.79 Å². The van der Waals surface area contributed by atoms with Gasteiger partial charge < -0.3 is 4.90 Å². The number of rotatable bonds is 2. The first-order valence-electron chi connectivity index (χ1n) is 7.13. The lowest BCUT2D eigenvalue weighted by molar-refractivity contribution is -0.203. The summed E-state index contributed by atoms with van der Waals surface area (Å²) in [7, 11) is 0. The van der Waals surface area contributed by atoms with Crippen LogP contribution in [-0.4, -0.2) is 28.1 Å². The van der Waals surface area contributed by atoms with Gasteiger partial charge in [0.15, 0.2) is 0 Å². The smallest absolute Gasteiger partial charge is 0.306 e. The normalized spacial score (nSPS) is 29.0. The summed E-state index contributed by atoms with van der Waals surface area (Å²) in [5, 5.41) is 3.15. The van der Waals surface area contributed by atoms with Crippen LogP contribution in [0.1, 0.15) is 37.4 Å². The Morgan fingerprint density at radius 3 is 2.19 bits per heavy atom. The molecule has 0 aromatic heterocycles. The average Bonchev–Trinajstić information content (AvgIpc) is 3.32. The van der Waals surface area contributed by atoms with E-state index < -0.39 is 23.4 Å². The average molecular weight is 296 g/mol. The lowest BCUT2D eigenvalue weighted by Gasteiger charge is -2.34. The number of halogens is 3. The molecule has 112 valence electrons. The summed E-state index contributed by atoms with van der Waals surface area (Å²) in [4.78, 5) is 13.6. The van der Waals surface area contributed by atoms with Crippen LogP contribution < -0.4 is 5.32 Å². The number of carbonyl (C=O) groups excluding carboxylic acids is 1. The molecule has 1 aliphatic heterocycles. The van der Waals surface area contributed by atoms with Crippen molar-refractivity contribution in [3.63, 3.8) is 0 Å². The largest absolute Gasteiger partial charge is 0.411 e. The molecule has 1 N–H and O–H groups in total. The van der Waals surface area contributed by atoms with Gasteiger partial charge in [0, 0.05) is 0 Å². The lowest BCUT2D eigenvalue weighted by Crippen LogP contribution is -2.51. The van der Waals surface area contributed by atoms with Crippen molar-refractivity contribution in [2.45, 2.75) is 49.1 Å². The molecule has 4 rings (SSSR count). The third-order valence-electron chi connectivity index (χ3n) is 4.88. The topological polar surface area (TPSA) is 32.3 Å². The van der Waals surface area contributed by atoms with E-state index in [0.717, 1.165) is 4.90 Å². The highest BCUT2D eigenvalue weighted by Gasteiger charge is 2.74. The summed E-state index contributed by atoms with van der Waals surface area (Å²) in [6.45, 7) is 0. The fraction of sp³-hybridized carbons (Fsp3) is 0.533. The molecule has 1 spiro atoms. The fourth-order valence-corrected chi connectivity index (χ4v) is 3.31. The molecule has 1 unspecified atom stereocenters. The molecule has 6 heteroatoms. The van der Waals surface area contributed by atoms with E-state index in [1.807, 2.05) is 6.07 Å². The van der Waals surface area contributed by atoms with Gasteiger partial charge in [0.2, 0.25) is 5.91 Å². The van der Waals surface area contributed by atoms with Crippen molar-refractivity contribution in [3.8, 4) is 0 Å². The number of hydrogen-bond donors (Lipinski definition) is 1. The van der Waals surface area contributed by atoms with Gasteiger partial charge in [-0.3, -0.25) is 10.1 Å². The van der Waals surface area contributed by atoms with Gasteiger partial charge >= 0.3 is 6.18 Å². The van der Waals surface area contributed by atoms with Gasteiger partial charge in [-0.1, -0.05) is 30.3 Å². The van der Waals surface area contributed by atoms with E-state index in [1.165, 1.54) is 0 Å². The highest BCUT2D eigenvalue weighted by Crippen LogP contribution is 2.60. The number of alkyl halides is 3. The van der Waals surface area contributed by atoms with Crippen LogP contribution in [0.15, 0.2) is 30.3 Å². The molecule has 1 amide bonds. The molecule has 0 bridgehead atoms. The van der Waals surface area contributed by atoms with Crippen LogP contribution in [0.4, 0.5) is 13.2 Å².